The van der Waals surface area contributed by atoms with Gasteiger partial charge in [0.1, 0.15) is 5.82 Å². The molecule has 200 valence electrons. The lowest BCUT2D eigenvalue weighted by atomic mass is 10.1. The van der Waals surface area contributed by atoms with E-state index < -0.39 is 12.5 Å². The maximum atomic E-state index is 14.1. The summed E-state index contributed by atoms with van der Waals surface area (Å²) in [5.74, 6) is -2.72. The van der Waals surface area contributed by atoms with E-state index in [1.54, 1.807) is 34.2 Å². The number of amides is 1. The van der Waals surface area contributed by atoms with Crippen LogP contribution in [-0.2, 0) is 0 Å². The summed E-state index contributed by atoms with van der Waals surface area (Å²) in [6.45, 7) is 8.21. The van der Waals surface area contributed by atoms with Crippen molar-refractivity contribution in [2.75, 3.05) is 37.6 Å². The number of halogens is 2. The Kier molecular flexibility index (Phi) is 7.40. The number of rotatable bonds is 9. The van der Waals surface area contributed by atoms with Crippen molar-refractivity contribution in [3.05, 3.63) is 53.7 Å². The van der Waals surface area contributed by atoms with Crippen LogP contribution in [0.5, 0.6) is 0 Å². The van der Waals surface area contributed by atoms with Gasteiger partial charge in [-0.15, -0.1) is 11.3 Å². The molecule has 5 heterocycles. The first-order valence-electron chi connectivity index (χ1n) is 12.8. The normalized spacial score (nSPS) is 15.9. The monoisotopic (exact) mass is 539 g/mol. The molecule has 1 saturated heterocycles. The van der Waals surface area contributed by atoms with Gasteiger partial charge in [0.2, 0.25) is 0 Å². The molecule has 0 spiro atoms. The summed E-state index contributed by atoms with van der Waals surface area (Å²) in [6, 6.07) is 9.29. The van der Waals surface area contributed by atoms with Gasteiger partial charge in [-0.25, -0.2) is 23.3 Å². The Labute approximate surface area is 224 Å². The summed E-state index contributed by atoms with van der Waals surface area (Å²) in [6.07, 6.45) is 3.23. The van der Waals surface area contributed by atoms with Crippen LogP contribution in [0, 0.1) is 0 Å². The summed E-state index contributed by atoms with van der Waals surface area (Å²) < 4.78 is 29.8. The molecule has 0 unspecified atom stereocenters. The molecule has 0 aromatic carbocycles. The van der Waals surface area contributed by atoms with Gasteiger partial charge in [0.15, 0.2) is 5.65 Å². The third-order valence-corrected chi connectivity index (χ3v) is 7.87. The standard InChI is InChI=1S/C27H31F2N7OS/c1-4-34(5-2)18(3)15-30-26(37)19-13-22(32-24(14-19)35-11-9-27(28,29)17-35)20-16-31-36-10-8-21(33-25(20)36)23-7-6-12-38-23/h6-8,10,12-14,16,18H,4-5,9,11,15,17H2,1-3H3,(H,30,37)/t18-/m0/s1. The highest BCUT2D eigenvalue weighted by Crippen LogP contribution is 2.33. The first-order valence-corrected chi connectivity index (χ1v) is 13.7. The molecule has 4 aromatic heterocycles. The van der Waals surface area contributed by atoms with E-state index in [-0.39, 0.29) is 24.9 Å². The van der Waals surface area contributed by atoms with E-state index in [1.165, 1.54) is 4.90 Å². The van der Waals surface area contributed by atoms with Crippen LogP contribution >= 0.6 is 11.3 Å². The topological polar surface area (TPSA) is 78.7 Å². The predicted molar refractivity (Wildman–Crippen MR) is 146 cm³/mol. The fourth-order valence-electron chi connectivity index (χ4n) is 4.81. The zero-order valence-corrected chi connectivity index (χ0v) is 22.5. The Morgan fingerprint density at radius 2 is 2.03 bits per heavy atom. The second kappa shape index (κ2) is 10.7. The van der Waals surface area contributed by atoms with Crippen molar-refractivity contribution in [2.45, 2.75) is 39.2 Å². The molecule has 1 aliphatic heterocycles. The van der Waals surface area contributed by atoms with Crippen molar-refractivity contribution in [1.82, 2.24) is 29.8 Å². The molecule has 0 radical (unpaired) electrons. The number of nitrogens with one attached hydrogen (secondary N) is 1. The largest absolute Gasteiger partial charge is 0.350 e. The fourth-order valence-corrected chi connectivity index (χ4v) is 5.50. The average molecular weight is 540 g/mol. The Morgan fingerprint density at radius 3 is 2.71 bits per heavy atom. The minimum absolute atomic E-state index is 0.159. The molecule has 0 saturated carbocycles. The van der Waals surface area contributed by atoms with Crippen molar-refractivity contribution in [2.24, 2.45) is 0 Å². The zero-order chi connectivity index (χ0) is 26.9. The lowest BCUT2D eigenvalue weighted by Gasteiger charge is -2.26. The molecule has 1 amide bonds. The van der Waals surface area contributed by atoms with E-state index in [9.17, 15) is 13.6 Å². The highest BCUT2D eigenvalue weighted by molar-refractivity contribution is 7.13. The van der Waals surface area contributed by atoms with Gasteiger partial charge < -0.3 is 10.2 Å². The van der Waals surface area contributed by atoms with Gasteiger partial charge in [-0.1, -0.05) is 19.9 Å². The van der Waals surface area contributed by atoms with E-state index in [4.69, 9.17) is 9.97 Å². The van der Waals surface area contributed by atoms with Gasteiger partial charge in [0.25, 0.3) is 11.8 Å². The number of pyridine rings is 1. The Balaban J connectivity index is 1.52. The number of hydrogen-bond donors (Lipinski definition) is 1. The molecule has 38 heavy (non-hydrogen) atoms. The Hall–Kier alpha value is -3.44. The van der Waals surface area contributed by atoms with Crippen LogP contribution in [0.3, 0.4) is 0 Å². The number of carbonyl (C=O) groups is 1. The molecular weight excluding hydrogens is 508 g/mol. The summed E-state index contributed by atoms with van der Waals surface area (Å²) >= 11 is 1.59. The first kappa shape index (κ1) is 26.2. The average Bonchev–Trinajstić information content (AvgIpc) is 3.67. The maximum absolute atomic E-state index is 14.1. The van der Waals surface area contributed by atoms with Crippen molar-refractivity contribution < 1.29 is 13.6 Å². The van der Waals surface area contributed by atoms with Gasteiger partial charge in [-0.3, -0.25) is 9.69 Å². The van der Waals surface area contributed by atoms with Crippen LogP contribution in [-0.4, -0.2) is 75.1 Å². The molecule has 1 atom stereocenters. The van der Waals surface area contributed by atoms with Gasteiger partial charge in [0.05, 0.1) is 34.6 Å². The number of carbonyl (C=O) groups excluding carboxylic acids is 1. The molecule has 4 aromatic rings. The summed E-state index contributed by atoms with van der Waals surface area (Å²) in [5.41, 5.74) is 2.83. The van der Waals surface area contributed by atoms with Gasteiger partial charge in [-0.2, -0.15) is 5.10 Å². The van der Waals surface area contributed by atoms with Crippen molar-refractivity contribution in [3.63, 3.8) is 0 Å². The predicted octanol–water partition coefficient (Wildman–Crippen LogP) is 4.83. The number of alkyl halides is 2. The second-order valence-electron chi connectivity index (χ2n) is 9.52. The van der Waals surface area contributed by atoms with E-state index in [0.29, 0.717) is 34.8 Å². The van der Waals surface area contributed by atoms with E-state index >= 15 is 0 Å². The van der Waals surface area contributed by atoms with Crippen molar-refractivity contribution >= 4 is 28.7 Å². The van der Waals surface area contributed by atoms with Crippen molar-refractivity contribution in [3.8, 4) is 21.8 Å². The van der Waals surface area contributed by atoms with Crippen LogP contribution in [0.4, 0.5) is 14.6 Å². The third kappa shape index (κ3) is 5.39. The zero-order valence-electron chi connectivity index (χ0n) is 21.7. The van der Waals surface area contributed by atoms with Gasteiger partial charge in [0, 0.05) is 37.3 Å². The van der Waals surface area contributed by atoms with Crippen LogP contribution in [0.25, 0.3) is 27.5 Å². The molecule has 8 nitrogen and oxygen atoms in total. The van der Waals surface area contributed by atoms with Crippen LogP contribution in [0.15, 0.2) is 48.1 Å². The van der Waals surface area contributed by atoms with Crippen LogP contribution < -0.4 is 10.2 Å². The SMILES string of the molecule is CCN(CC)[C@@H](C)CNC(=O)c1cc(-c2cnn3ccc(-c4cccs4)nc23)nc(N2CCC(F)(F)C2)c1. The summed E-state index contributed by atoms with van der Waals surface area (Å²) in [5, 5.41) is 9.41. The van der Waals surface area contributed by atoms with Crippen molar-refractivity contribution in [1.29, 1.82) is 0 Å². The Bertz CT molecular complexity index is 1420. The molecule has 0 aliphatic carbocycles. The summed E-state index contributed by atoms with van der Waals surface area (Å²) in [4.78, 5) is 27.6. The molecule has 11 heteroatoms. The summed E-state index contributed by atoms with van der Waals surface area (Å²) in [7, 11) is 0. The highest BCUT2D eigenvalue weighted by Gasteiger charge is 2.39. The molecular formula is C27H31F2N7OS. The fraction of sp³-hybridized carbons (Fsp3) is 0.407. The minimum atomic E-state index is -2.79. The van der Waals surface area contributed by atoms with Crippen LogP contribution in [0.1, 0.15) is 37.6 Å². The number of aromatic nitrogens is 4. The lowest BCUT2D eigenvalue weighted by Crippen LogP contribution is -2.42. The van der Waals surface area contributed by atoms with E-state index in [1.807, 2.05) is 29.8 Å². The Morgan fingerprint density at radius 1 is 1.21 bits per heavy atom. The molecule has 5 rings (SSSR count). The smallest absolute Gasteiger partial charge is 0.266 e. The molecule has 1 aliphatic rings. The van der Waals surface area contributed by atoms with Gasteiger partial charge >= 0.3 is 0 Å². The maximum Gasteiger partial charge on any atom is 0.266 e. The molecule has 1 N–H and O–H groups in total. The number of hydrogen-bond acceptors (Lipinski definition) is 7. The number of nitrogens with zero attached hydrogens (tertiary/aromatic N) is 6. The lowest BCUT2D eigenvalue weighted by molar-refractivity contribution is 0.0256. The second-order valence-corrected chi connectivity index (χ2v) is 10.5. The van der Waals surface area contributed by atoms with E-state index in [0.717, 1.165) is 23.7 Å². The first-order chi connectivity index (χ1) is 18.3. The number of anilines is 1. The number of thiophene rings is 1. The van der Waals surface area contributed by atoms with Crippen LogP contribution in [0.2, 0.25) is 0 Å². The van der Waals surface area contributed by atoms with E-state index in [2.05, 4.69) is 36.1 Å². The number of fused-ring (bicyclic) bond motifs is 1. The van der Waals surface area contributed by atoms with Gasteiger partial charge in [-0.05, 0) is 49.7 Å². The molecule has 1 fully saturated rings. The molecule has 0 bridgehead atoms. The minimum Gasteiger partial charge on any atom is -0.350 e. The highest BCUT2D eigenvalue weighted by atomic mass is 32.1. The number of likely N-dealkylation sites (N-methyl/N-ethyl adjacent to an activating group) is 1. The third-order valence-electron chi connectivity index (χ3n) is 6.98. The quantitative estimate of drug-likeness (QED) is 0.329.